The molecule has 0 aliphatic rings. The zero-order chi connectivity index (χ0) is 20.1. The van der Waals surface area contributed by atoms with Gasteiger partial charge >= 0.3 is 0 Å². The third kappa shape index (κ3) is 14.6. The molecule has 0 saturated carbocycles. The number of hydrogen-bond acceptors (Lipinski definition) is 8. The van der Waals surface area contributed by atoms with Gasteiger partial charge in [-0.05, 0) is 24.3 Å². The van der Waals surface area contributed by atoms with Crippen LogP contribution < -0.4 is 9.47 Å². The number of benzene rings is 1. The zero-order valence-electron chi connectivity index (χ0n) is 17.1. The van der Waals surface area contributed by atoms with Crippen LogP contribution in [0.15, 0.2) is 24.3 Å². The largest absolute Gasteiger partial charge is 0.491 e. The van der Waals surface area contributed by atoms with Crippen molar-refractivity contribution in [3.63, 3.8) is 0 Å². The van der Waals surface area contributed by atoms with Crippen molar-refractivity contribution in [2.45, 2.75) is 0 Å². The van der Waals surface area contributed by atoms with E-state index >= 15 is 0 Å². The van der Waals surface area contributed by atoms with Crippen LogP contribution >= 0.6 is 0 Å². The van der Waals surface area contributed by atoms with Crippen molar-refractivity contribution in [2.75, 3.05) is 93.5 Å². The fraction of sp³-hybridized carbons (Fsp3) is 0.700. The zero-order valence-corrected chi connectivity index (χ0v) is 17.1. The van der Waals surface area contributed by atoms with E-state index in [4.69, 9.17) is 37.9 Å². The SMILES string of the molecule is COCCOCCOCCOc1ccc(OCCOCCOCCOC)cc1. The lowest BCUT2D eigenvalue weighted by Crippen LogP contribution is -2.12. The molecule has 0 bridgehead atoms. The van der Waals surface area contributed by atoms with Gasteiger partial charge in [-0.1, -0.05) is 0 Å². The van der Waals surface area contributed by atoms with Gasteiger partial charge in [-0.15, -0.1) is 0 Å². The van der Waals surface area contributed by atoms with E-state index in [1.807, 2.05) is 24.3 Å². The van der Waals surface area contributed by atoms with Crippen LogP contribution in [0.25, 0.3) is 0 Å². The summed E-state index contributed by atoms with van der Waals surface area (Å²) in [6, 6.07) is 7.47. The second kappa shape index (κ2) is 18.9. The molecule has 0 aromatic heterocycles. The average Bonchev–Trinajstić information content (AvgIpc) is 2.72. The van der Waals surface area contributed by atoms with E-state index < -0.39 is 0 Å². The van der Waals surface area contributed by atoms with Crippen molar-refractivity contribution < 1.29 is 37.9 Å². The maximum absolute atomic E-state index is 5.62. The van der Waals surface area contributed by atoms with Gasteiger partial charge in [-0.3, -0.25) is 0 Å². The molecular formula is C20H34O8. The Morgan fingerprint density at radius 1 is 0.429 bits per heavy atom. The molecule has 0 radical (unpaired) electrons. The maximum Gasteiger partial charge on any atom is 0.119 e. The third-order valence-electron chi connectivity index (χ3n) is 3.42. The van der Waals surface area contributed by atoms with Crippen LogP contribution in [-0.4, -0.2) is 93.5 Å². The maximum atomic E-state index is 5.62. The molecule has 0 N–H and O–H groups in total. The smallest absolute Gasteiger partial charge is 0.119 e. The monoisotopic (exact) mass is 402 g/mol. The van der Waals surface area contributed by atoms with Crippen molar-refractivity contribution >= 4 is 0 Å². The fourth-order valence-corrected chi connectivity index (χ4v) is 2.00. The van der Waals surface area contributed by atoms with Crippen molar-refractivity contribution in [1.82, 2.24) is 0 Å². The van der Waals surface area contributed by atoms with Crippen LogP contribution in [0.3, 0.4) is 0 Å². The van der Waals surface area contributed by atoms with Crippen LogP contribution in [0.2, 0.25) is 0 Å². The first-order valence-corrected chi connectivity index (χ1v) is 9.51. The summed E-state index contributed by atoms with van der Waals surface area (Å²) in [5.41, 5.74) is 0. The van der Waals surface area contributed by atoms with E-state index in [0.29, 0.717) is 79.3 Å². The summed E-state index contributed by atoms with van der Waals surface area (Å²) in [5, 5.41) is 0. The molecule has 28 heavy (non-hydrogen) atoms. The molecule has 1 rings (SSSR count). The highest BCUT2D eigenvalue weighted by molar-refractivity contribution is 5.31. The molecule has 0 aliphatic carbocycles. The molecule has 1 aromatic rings. The summed E-state index contributed by atoms with van der Waals surface area (Å²) in [4.78, 5) is 0. The highest BCUT2D eigenvalue weighted by Gasteiger charge is 1.98. The van der Waals surface area contributed by atoms with Gasteiger partial charge in [0.1, 0.15) is 24.7 Å². The molecule has 0 aliphatic heterocycles. The molecule has 0 saturated heterocycles. The van der Waals surface area contributed by atoms with Crippen LogP contribution in [0.1, 0.15) is 0 Å². The predicted molar refractivity (Wildman–Crippen MR) is 104 cm³/mol. The van der Waals surface area contributed by atoms with Gasteiger partial charge in [0.15, 0.2) is 0 Å². The Morgan fingerprint density at radius 3 is 1.04 bits per heavy atom. The first-order chi connectivity index (χ1) is 13.9. The van der Waals surface area contributed by atoms with E-state index in [1.165, 1.54) is 0 Å². The topological polar surface area (TPSA) is 73.8 Å². The first kappa shape index (κ1) is 24.6. The first-order valence-electron chi connectivity index (χ1n) is 9.51. The second-order valence-corrected chi connectivity index (χ2v) is 5.60. The third-order valence-corrected chi connectivity index (χ3v) is 3.42. The van der Waals surface area contributed by atoms with Crippen LogP contribution in [-0.2, 0) is 28.4 Å². The summed E-state index contributed by atoms with van der Waals surface area (Å²) < 4.78 is 42.5. The standard InChI is InChI=1S/C20H34O8/c1-21-7-9-23-11-13-25-15-17-27-19-3-5-20(6-4-19)28-18-16-26-14-12-24-10-8-22-2/h3-6H,7-18H2,1-2H3. The lowest BCUT2D eigenvalue weighted by Gasteiger charge is -2.10. The molecule has 1 aromatic carbocycles. The van der Waals surface area contributed by atoms with Gasteiger partial charge in [0.05, 0.1) is 66.1 Å². The number of hydrogen-bond donors (Lipinski definition) is 0. The van der Waals surface area contributed by atoms with Gasteiger partial charge in [0.2, 0.25) is 0 Å². The minimum atomic E-state index is 0.485. The van der Waals surface area contributed by atoms with Gasteiger partial charge in [0, 0.05) is 14.2 Å². The van der Waals surface area contributed by atoms with Gasteiger partial charge < -0.3 is 37.9 Å². The Balaban J connectivity index is 1.94. The van der Waals surface area contributed by atoms with Crippen molar-refractivity contribution in [3.8, 4) is 11.5 Å². The number of methoxy groups -OCH3 is 2. The molecule has 0 atom stereocenters. The molecule has 0 amide bonds. The minimum absolute atomic E-state index is 0.485. The van der Waals surface area contributed by atoms with E-state index in [2.05, 4.69) is 0 Å². The molecule has 0 fully saturated rings. The molecule has 0 spiro atoms. The van der Waals surface area contributed by atoms with Gasteiger partial charge in [-0.2, -0.15) is 0 Å². The van der Waals surface area contributed by atoms with Crippen molar-refractivity contribution in [3.05, 3.63) is 24.3 Å². The van der Waals surface area contributed by atoms with Crippen molar-refractivity contribution in [2.24, 2.45) is 0 Å². The molecule has 0 heterocycles. The minimum Gasteiger partial charge on any atom is -0.491 e. The van der Waals surface area contributed by atoms with Crippen molar-refractivity contribution in [1.29, 1.82) is 0 Å². The van der Waals surface area contributed by atoms with Gasteiger partial charge in [-0.25, -0.2) is 0 Å². The summed E-state index contributed by atoms with van der Waals surface area (Å²) in [6.07, 6.45) is 0. The average molecular weight is 402 g/mol. The van der Waals surface area contributed by atoms with E-state index in [-0.39, 0.29) is 0 Å². The number of rotatable bonds is 20. The Morgan fingerprint density at radius 2 is 0.714 bits per heavy atom. The molecule has 0 unspecified atom stereocenters. The Bertz CT molecular complexity index is 399. The Labute approximate surface area is 167 Å². The summed E-state index contributed by atoms with van der Waals surface area (Å²) >= 11 is 0. The van der Waals surface area contributed by atoms with Gasteiger partial charge in [0.25, 0.3) is 0 Å². The quantitative estimate of drug-likeness (QED) is 0.306. The summed E-state index contributed by atoms with van der Waals surface area (Å²) in [5.74, 6) is 1.55. The predicted octanol–water partition coefficient (Wildman–Crippen LogP) is 1.80. The lowest BCUT2D eigenvalue weighted by atomic mass is 10.3. The molecule has 8 nitrogen and oxygen atoms in total. The fourth-order valence-electron chi connectivity index (χ4n) is 2.00. The molecular weight excluding hydrogens is 368 g/mol. The lowest BCUT2D eigenvalue weighted by molar-refractivity contribution is 0.0177. The number of ether oxygens (including phenoxy) is 8. The summed E-state index contributed by atoms with van der Waals surface area (Å²) in [6.45, 7) is 6.55. The summed E-state index contributed by atoms with van der Waals surface area (Å²) in [7, 11) is 3.29. The molecule has 8 heteroatoms. The highest BCUT2D eigenvalue weighted by Crippen LogP contribution is 2.17. The highest BCUT2D eigenvalue weighted by atomic mass is 16.6. The van der Waals surface area contributed by atoms with Crippen LogP contribution in [0.5, 0.6) is 11.5 Å². The Hall–Kier alpha value is -1.42. The second-order valence-electron chi connectivity index (χ2n) is 5.60. The normalized spacial score (nSPS) is 10.9. The van der Waals surface area contributed by atoms with Crippen LogP contribution in [0, 0.1) is 0 Å². The van der Waals surface area contributed by atoms with E-state index in [9.17, 15) is 0 Å². The molecule has 162 valence electrons. The Kier molecular flexibility index (Phi) is 16.6. The van der Waals surface area contributed by atoms with E-state index in [1.54, 1.807) is 14.2 Å². The van der Waals surface area contributed by atoms with E-state index in [0.717, 1.165) is 11.5 Å². The van der Waals surface area contributed by atoms with Crippen LogP contribution in [0.4, 0.5) is 0 Å².